The van der Waals surface area contributed by atoms with Crippen molar-refractivity contribution >= 4 is 0 Å². The molecule has 2 aromatic rings. The Morgan fingerprint density at radius 2 is 2.00 bits per heavy atom. The Kier molecular flexibility index (Phi) is 3.70. The molecule has 0 radical (unpaired) electrons. The van der Waals surface area contributed by atoms with Crippen LogP contribution in [0.5, 0.6) is 5.88 Å². The van der Waals surface area contributed by atoms with Crippen LogP contribution in [0.3, 0.4) is 0 Å². The summed E-state index contributed by atoms with van der Waals surface area (Å²) in [4.78, 5) is 18.9. The Morgan fingerprint density at radius 3 is 2.67 bits per heavy atom. The van der Waals surface area contributed by atoms with Gasteiger partial charge in [0, 0.05) is 24.7 Å². The maximum Gasteiger partial charge on any atom is 0.262 e. The summed E-state index contributed by atoms with van der Waals surface area (Å²) in [7, 11) is 0. The van der Waals surface area contributed by atoms with Gasteiger partial charge in [0.1, 0.15) is 17.2 Å². The van der Waals surface area contributed by atoms with E-state index in [1.165, 1.54) is 18.2 Å². The summed E-state index contributed by atoms with van der Waals surface area (Å²) in [5.41, 5.74) is -0.625. The molecule has 0 aliphatic carbocycles. The molecule has 21 heavy (non-hydrogen) atoms. The number of nitrogens with one attached hydrogen (secondary N) is 1. The number of aromatic nitrogens is 2. The molecule has 110 valence electrons. The Morgan fingerprint density at radius 1 is 1.29 bits per heavy atom. The summed E-state index contributed by atoms with van der Waals surface area (Å²) in [6, 6.07) is 5.80. The second-order valence-electron chi connectivity index (χ2n) is 5.02. The maximum atomic E-state index is 13.8. The number of aromatic amines is 1. The van der Waals surface area contributed by atoms with E-state index in [2.05, 4.69) is 9.97 Å². The van der Waals surface area contributed by atoms with Crippen molar-refractivity contribution in [2.45, 2.75) is 18.8 Å². The molecular weight excluding hydrogens is 275 g/mol. The van der Waals surface area contributed by atoms with Crippen molar-refractivity contribution < 1.29 is 14.2 Å². The molecule has 1 aliphatic heterocycles. The van der Waals surface area contributed by atoms with E-state index in [1.54, 1.807) is 6.07 Å². The van der Waals surface area contributed by atoms with Gasteiger partial charge < -0.3 is 14.8 Å². The van der Waals surface area contributed by atoms with Gasteiger partial charge in [0.05, 0.1) is 0 Å². The van der Waals surface area contributed by atoms with Crippen LogP contribution >= 0.6 is 0 Å². The quantitative estimate of drug-likeness (QED) is 0.889. The van der Waals surface area contributed by atoms with E-state index >= 15 is 0 Å². The number of hydrogen-bond acceptors (Lipinski definition) is 4. The molecule has 1 saturated heterocycles. The van der Waals surface area contributed by atoms with Crippen LogP contribution in [0.25, 0.3) is 11.1 Å². The standard InChI is InChI=1S/C15H15FN2O3/c16-11-4-2-1-3-10(11)12-14(19)17-13(18-15(12)20)9-5-7-21-8-6-9/h1-4,9H,5-8H2,(H2,17,18,19,20). The highest BCUT2D eigenvalue weighted by Crippen LogP contribution is 2.29. The minimum Gasteiger partial charge on any atom is -0.493 e. The lowest BCUT2D eigenvalue weighted by Crippen LogP contribution is -2.21. The van der Waals surface area contributed by atoms with Gasteiger partial charge in [-0.15, -0.1) is 0 Å². The van der Waals surface area contributed by atoms with Gasteiger partial charge in [0.25, 0.3) is 5.56 Å². The van der Waals surface area contributed by atoms with Gasteiger partial charge in [-0.25, -0.2) is 4.39 Å². The highest BCUT2D eigenvalue weighted by Gasteiger charge is 2.22. The zero-order valence-electron chi connectivity index (χ0n) is 11.3. The fourth-order valence-corrected chi connectivity index (χ4v) is 2.55. The van der Waals surface area contributed by atoms with E-state index in [1.807, 2.05) is 0 Å². The first-order valence-corrected chi connectivity index (χ1v) is 6.82. The van der Waals surface area contributed by atoms with Crippen LogP contribution in [0.4, 0.5) is 4.39 Å². The largest absolute Gasteiger partial charge is 0.493 e. The molecule has 1 fully saturated rings. The van der Waals surface area contributed by atoms with Gasteiger partial charge in [0.2, 0.25) is 5.88 Å². The minimum absolute atomic E-state index is 0.0438. The predicted molar refractivity (Wildman–Crippen MR) is 74.7 cm³/mol. The van der Waals surface area contributed by atoms with Crippen LogP contribution < -0.4 is 5.56 Å². The number of benzene rings is 1. The molecule has 0 amide bonds. The van der Waals surface area contributed by atoms with Crippen LogP contribution in [0, 0.1) is 5.82 Å². The molecule has 1 aromatic carbocycles. The molecule has 3 rings (SSSR count). The SMILES string of the molecule is O=c1[nH]c(C2CCOCC2)nc(O)c1-c1ccccc1F. The number of ether oxygens (including phenoxy) is 1. The van der Waals surface area contributed by atoms with E-state index in [9.17, 15) is 14.3 Å². The van der Waals surface area contributed by atoms with Crippen molar-refractivity contribution in [2.24, 2.45) is 0 Å². The van der Waals surface area contributed by atoms with Crippen LogP contribution in [0.1, 0.15) is 24.6 Å². The molecular formula is C15H15FN2O3. The lowest BCUT2D eigenvalue weighted by atomic mass is 9.99. The fourth-order valence-electron chi connectivity index (χ4n) is 2.55. The van der Waals surface area contributed by atoms with Gasteiger partial charge in [0.15, 0.2) is 0 Å². The lowest BCUT2D eigenvalue weighted by Gasteiger charge is -2.21. The van der Waals surface area contributed by atoms with Crippen LogP contribution in [-0.4, -0.2) is 28.3 Å². The number of hydrogen-bond donors (Lipinski definition) is 2. The third-order valence-corrected chi connectivity index (χ3v) is 3.67. The van der Waals surface area contributed by atoms with E-state index < -0.39 is 17.3 Å². The number of aromatic hydroxyl groups is 1. The van der Waals surface area contributed by atoms with Crippen molar-refractivity contribution in [3.8, 4) is 17.0 Å². The van der Waals surface area contributed by atoms with Crippen molar-refractivity contribution in [2.75, 3.05) is 13.2 Å². The van der Waals surface area contributed by atoms with Crippen molar-refractivity contribution in [3.05, 3.63) is 46.3 Å². The normalized spacial score (nSPS) is 16.0. The summed E-state index contributed by atoms with van der Waals surface area (Å²) >= 11 is 0. The molecule has 0 unspecified atom stereocenters. The number of H-pyrrole nitrogens is 1. The highest BCUT2D eigenvalue weighted by molar-refractivity contribution is 5.67. The predicted octanol–water partition coefficient (Wildman–Crippen LogP) is 2.18. The first-order valence-electron chi connectivity index (χ1n) is 6.82. The van der Waals surface area contributed by atoms with Gasteiger partial charge in [-0.1, -0.05) is 18.2 Å². The Balaban J connectivity index is 2.05. The van der Waals surface area contributed by atoms with Gasteiger partial charge in [-0.05, 0) is 18.9 Å². The monoisotopic (exact) mass is 290 g/mol. The highest BCUT2D eigenvalue weighted by atomic mass is 19.1. The van der Waals surface area contributed by atoms with E-state index in [0.717, 1.165) is 12.8 Å². The van der Waals surface area contributed by atoms with Crippen LogP contribution in [0.2, 0.25) is 0 Å². The third-order valence-electron chi connectivity index (χ3n) is 3.67. The fraction of sp³-hybridized carbons (Fsp3) is 0.333. The molecule has 2 N–H and O–H groups in total. The molecule has 0 spiro atoms. The van der Waals surface area contributed by atoms with E-state index in [-0.39, 0.29) is 17.0 Å². The Labute approximate surface area is 120 Å². The summed E-state index contributed by atoms with van der Waals surface area (Å²) in [5, 5.41) is 10.1. The van der Waals surface area contributed by atoms with Crippen LogP contribution in [-0.2, 0) is 4.74 Å². The average Bonchev–Trinajstić information content (AvgIpc) is 2.49. The second-order valence-corrected chi connectivity index (χ2v) is 5.02. The van der Waals surface area contributed by atoms with E-state index in [0.29, 0.717) is 19.0 Å². The molecule has 2 heterocycles. The number of halogens is 1. The molecule has 1 aromatic heterocycles. The summed E-state index contributed by atoms with van der Waals surface area (Å²) < 4.78 is 19.0. The van der Waals surface area contributed by atoms with E-state index in [4.69, 9.17) is 4.74 Å². The molecule has 0 saturated carbocycles. The topological polar surface area (TPSA) is 75.2 Å². The van der Waals surface area contributed by atoms with Gasteiger partial charge >= 0.3 is 0 Å². The summed E-state index contributed by atoms with van der Waals surface area (Å²) in [6.07, 6.45) is 1.48. The maximum absolute atomic E-state index is 13.8. The Bertz CT molecular complexity index is 708. The lowest BCUT2D eigenvalue weighted by molar-refractivity contribution is 0.0834. The van der Waals surface area contributed by atoms with Gasteiger partial charge in [-0.3, -0.25) is 4.79 Å². The molecule has 6 heteroatoms. The first kappa shape index (κ1) is 13.8. The molecule has 5 nitrogen and oxygen atoms in total. The zero-order valence-corrected chi connectivity index (χ0v) is 11.3. The van der Waals surface area contributed by atoms with Crippen LogP contribution in [0.15, 0.2) is 29.1 Å². The molecule has 1 aliphatic rings. The second kappa shape index (κ2) is 5.65. The first-order chi connectivity index (χ1) is 10.2. The Hall–Kier alpha value is -2.21. The number of nitrogens with zero attached hydrogens (tertiary/aromatic N) is 1. The average molecular weight is 290 g/mol. The molecule has 0 atom stereocenters. The molecule has 0 bridgehead atoms. The smallest absolute Gasteiger partial charge is 0.262 e. The zero-order chi connectivity index (χ0) is 14.8. The minimum atomic E-state index is -0.570. The van der Waals surface area contributed by atoms with Gasteiger partial charge in [-0.2, -0.15) is 4.98 Å². The van der Waals surface area contributed by atoms with Crippen molar-refractivity contribution in [3.63, 3.8) is 0 Å². The summed E-state index contributed by atoms with van der Waals surface area (Å²) in [6.45, 7) is 1.20. The third kappa shape index (κ3) is 2.67. The van der Waals surface area contributed by atoms with Crippen molar-refractivity contribution in [1.82, 2.24) is 9.97 Å². The summed E-state index contributed by atoms with van der Waals surface area (Å²) in [5.74, 6) is -0.530. The van der Waals surface area contributed by atoms with Crippen molar-refractivity contribution in [1.29, 1.82) is 0 Å². The number of rotatable bonds is 2.